The van der Waals surface area contributed by atoms with Crippen LogP contribution in [0.5, 0.6) is 0 Å². The molecule has 0 radical (unpaired) electrons. The number of amides is 1. The molecule has 0 atom stereocenters. The molecule has 1 aliphatic heterocycles. The van der Waals surface area contributed by atoms with E-state index in [0.717, 1.165) is 16.8 Å². The van der Waals surface area contributed by atoms with Crippen LogP contribution in [0.3, 0.4) is 0 Å². The Balaban J connectivity index is 1.46. The van der Waals surface area contributed by atoms with Crippen molar-refractivity contribution in [3.8, 4) is 11.3 Å². The first kappa shape index (κ1) is 22.5. The van der Waals surface area contributed by atoms with Gasteiger partial charge in [0.1, 0.15) is 11.5 Å². The summed E-state index contributed by atoms with van der Waals surface area (Å²) in [7, 11) is 0. The summed E-state index contributed by atoms with van der Waals surface area (Å²) in [5.41, 5.74) is 2.62. The molecule has 4 nitrogen and oxygen atoms in total. The van der Waals surface area contributed by atoms with Gasteiger partial charge in [-0.1, -0.05) is 71.7 Å². The van der Waals surface area contributed by atoms with Crippen molar-refractivity contribution >= 4 is 57.8 Å². The Labute approximate surface area is 211 Å². The molecule has 0 N–H and O–H groups in total. The molecule has 0 spiro atoms. The van der Waals surface area contributed by atoms with Crippen LogP contribution < -0.4 is 0 Å². The van der Waals surface area contributed by atoms with Gasteiger partial charge in [0.2, 0.25) is 0 Å². The highest BCUT2D eigenvalue weighted by molar-refractivity contribution is 8.18. The molecule has 1 amide bonds. The van der Waals surface area contributed by atoms with Crippen molar-refractivity contribution in [2.45, 2.75) is 6.54 Å². The van der Waals surface area contributed by atoms with Crippen LogP contribution in [0.25, 0.3) is 17.4 Å². The lowest BCUT2D eigenvalue weighted by molar-refractivity contribution is -0.122. The molecule has 1 fully saturated rings. The van der Waals surface area contributed by atoms with E-state index in [1.54, 1.807) is 23.1 Å². The molecule has 0 bridgehead atoms. The lowest BCUT2D eigenvalue weighted by Gasteiger charge is -2.15. The Bertz CT molecular complexity index is 1400. The van der Waals surface area contributed by atoms with Crippen LogP contribution in [-0.4, -0.2) is 16.0 Å². The molecule has 1 aliphatic rings. The highest BCUT2D eigenvalue weighted by atomic mass is 35.5. The quantitative estimate of drug-likeness (QED) is 0.258. The van der Waals surface area contributed by atoms with Gasteiger partial charge >= 0.3 is 0 Å². The smallest absolute Gasteiger partial charge is 0.267 e. The van der Waals surface area contributed by atoms with Crippen LogP contribution >= 0.6 is 35.0 Å². The normalized spacial score (nSPS) is 16.1. The van der Waals surface area contributed by atoms with Gasteiger partial charge in [0.25, 0.3) is 5.91 Å². The van der Waals surface area contributed by atoms with Crippen molar-refractivity contribution in [2.75, 3.05) is 0 Å². The van der Waals surface area contributed by atoms with E-state index in [-0.39, 0.29) is 5.91 Å². The standard InChI is InChI=1S/C27H18Cl2N2O2S/c28-22-13-11-19(15-23(22)29)24-14-12-21(33-24)16-25-26(32)31(17-18-7-3-1-4-8-18)27(34-25)30-20-9-5-2-6-10-20/h1-16H,17H2/b25-16-,30-27?. The number of thioether (sulfide) groups is 1. The zero-order chi connectivity index (χ0) is 23.5. The van der Waals surface area contributed by atoms with Crippen molar-refractivity contribution in [1.82, 2.24) is 4.90 Å². The van der Waals surface area contributed by atoms with Crippen LogP contribution in [0.2, 0.25) is 10.0 Å². The van der Waals surface area contributed by atoms with Crippen LogP contribution in [0, 0.1) is 0 Å². The maximum atomic E-state index is 13.4. The highest BCUT2D eigenvalue weighted by Gasteiger charge is 2.33. The minimum absolute atomic E-state index is 0.115. The molecule has 7 heteroatoms. The third-order valence-electron chi connectivity index (χ3n) is 5.16. The van der Waals surface area contributed by atoms with Crippen molar-refractivity contribution < 1.29 is 9.21 Å². The molecule has 168 valence electrons. The largest absolute Gasteiger partial charge is 0.457 e. The van der Waals surface area contributed by atoms with Gasteiger partial charge in [-0.15, -0.1) is 0 Å². The van der Waals surface area contributed by atoms with E-state index in [1.165, 1.54) is 11.8 Å². The molecule has 0 saturated carbocycles. The number of para-hydroxylation sites is 1. The Morgan fingerprint density at radius 2 is 1.62 bits per heavy atom. The molecule has 5 rings (SSSR count). The number of hydrogen-bond donors (Lipinski definition) is 0. The second-order valence-corrected chi connectivity index (χ2v) is 9.37. The minimum atomic E-state index is -0.115. The van der Waals surface area contributed by atoms with E-state index in [1.807, 2.05) is 78.9 Å². The topological polar surface area (TPSA) is 45.8 Å². The first-order chi connectivity index (χ1) is 16.6. The molecule has 1 aromatic heterocycles. The number of amidine groups is 1. The van der Waals surface area contributed by atoms with Crippen molar-refractivity contribution in [1.29, 1.82) is 0 Å². The second kappa shape index (κ2) is 9.94. The van der Waals surface area contributed by atoms with Crippen LogP contribution in [-0.2, 0) is 11.3 Å². The number of furan rings is 1. The second-order valence-electron chi connectivity index (χ2n) is 7.55. The van der Waals surface area contributed by atoms with Gasteiger partial charge in [0.05, 0.1) is 27.2 Å². The number of carbonyl (C=O) groups excluding carboxylic acids is 1. The van der Waals surface area contributed by atoms with Crippen molar-refractivity contribution in [3.05, 3.63) is 117 Å². The predicted molar refractivity (Wildman–Crippen MR) is 140 cm³/mol. The molecular weight excluding hydrogens is 487 g/mol. The molecule has 4 aromatic rings. The van der Waals surface area contributed by atoms with Gasteiger partial charge in [-0.3, -0.25) is 9.69 Å². The summed E-state index contributed by atoms with van der Waals surface area (Å²) in [6.45, 7) is 0.433. The van der Waals surface area contributed by atoms with Gasteiger partial charge < -0.3 is 4.42 Å². The minimum Gasteiger partial charge on any atom is -0.457 e. The van der Waals surface area contributed by atoms with Gasteiger partial charge in [0, 0.05) is 11.6 Å². The van der Waals surface area contributed by atoms with Crippen molar-refractivity contribution in [2.24, 2.45) is 4.99 Å². The average molecular weight is 505 g/mol. The zero-order valence-corrected chi connectivity index (χ0v) is 20.1. The summed E-state index contributed by atoms with van der Waals surface area (Å²) in [5.74, 6) is 1.09. The number of rotatable bonds is 5. The number of carbonyl (C=O) groups is 1. The lowest BCUT2D eigenvalue weighted by Crippen LogP contribution is -2.28. The Hall–Kier alpha value is -3.25. The molecule has 1 saturated heterocycles. The monoisotopic (exact) mass is 504 g/mol. The van der Waals surface area contributed by atoms with E-state index in [4.69, 9.17) is 32.6 Å². The van der Waals surface area contributed by atoms with Gasteiger partial charge in [-0.2, -0.15) is 0 Å². The SMILES string of the molecule is O=C1/C(=C/c2ccc(-c3ccc(Cl)c(Cl)c3)o2)SC(=Nc2ccccc2)N1Cc1ccccc1. The van der Waals surface area contributed by atoms with Crippen LogP contribution in [0.1, 0.15) is 11.3 Å². The highest BCUT2D eigenvalue weighted by Crippen LogP contribution is 2.36. The number of halogens is 2. The van der Waals surface area contributed by atoms with E-state index >= 15 is 0 Å². The van der Waals surface area contributed by atoms with Crippen LogP contribution in [0.4, 0.5) is 5.69 Å². The molecule has 2 heterocycles. The third-order valence-corrected chi connectivity index (χ3v) is 6.90. The van der Waals surface area contributed by atoms with Gasteiger partial charge in [-0.05, 0) is 59.8 Å². The zero-order valence-electron chi connectivity index (χ0n) is 17.8. The number of hydrogen-bond acceptors (Lipinski definition) is 4. The summed E-state index contributed by atoms with van der Waals surface area (Å²) in [6, 6.07) is 28.5. The van der Waals surface area contributed by atoms with Crippen LogP contribution in [0.15, 0.2) is 105 Å². The summed E-state index contributed by atoms with van der Waals surface area (Å²) >= 11 is 13.5. The van der Waals surface area contributed by atoms with Crippen molar-refractivity contribution in [3.63, 3.8) is 0 Å². The molecular formula is C27H18Cl2N2O2S. The van der Waals surface area contributed by atoms with E-state index in [9.17, 15) is 4.79 Å². The van der Waals surface area contributed by atoms with Gasteiger partial charge in [-0.25, -0.2) is 4.99 Å². The summed E-state index contributed by atoms with van der Waals surface area (Å²) < 4.78 is 5.98. The number of nitrogens with zero attached hydrogens (tertiary/aromatic N) is 2. The lowest BCUT2D eigenvalue weighted by atomic mass is 10.2. The Morgan fingerprint density at radius 1 is 0.882 bits per heavy atom. The first-order valence-electron chi connectivity index (χ1n) is 10.5. The fraction of sp³-hybridized carbons (Fsp3) is 0.0370. The molecule has 3 aromatic carbocycles. The number of aliphatic imine (C=N–C) groups is 1. The Morgan fingerprint density at radius 3 is 2.35 bits per heavy atom. The van der Waals surface area contributed by atoms with Gasteiger partial charge in [0.15, 0.2) is 5.17 Å². The summed E-state index contributed by atoms with van der Waals surface area (Å²) in [6.07, 6.45) is 1.75. The summed E-state index contributed by atoms with van der Waals surface area (Å²) in [4.78, 5) is 20.3. The molecule has 0 aliphatic carbocycles. The van der Waals surface area contributed by atoms with E-state index in [0.29, 0.717) is 38.2 Å². The fourth-order valence-corrected chi connectivity index (χ4v) is 4.75. The Kier molecular flexibility index (Phi) is 6.59. The average Bonchev–Trinajstić information content (AvgIpc) is 3.43. The maximum Gasteiger partial charge on any atom is 0.267 e. The van der Waals surface area contributed by atoms with E-state index < -0.39 is 0 Å². The summed E-state index contributed by atoms with van der Waals surface area (Å²) in [5, 5.41) is 1.56. The first-order valence-corrected chi connectivity index (χ1v) is 12.1. The van der Waals surface area contributed by atoms with E-state index in [2.05, 4.69) is 0 Å². The molecule has 0 unspecified atom stereocenters. The molecule has 34 heavy (non-hydrogen) atoms. The number of benzene rings is 3. The maximum absolute atomic E-state index is 13.4. The fourth-order valence-electron chi connectivity index (χ4n) is 3.47. The predicted octanol–water partition coefficient (Wildman–Crippen LogP) is 8.06. The third kappa shape index (κ3) is 4.97.